The van der Waals surface area contributed by atoms with Crippen LogP contribution in [0.25, 0.3) is 0 Å². The van der Waals surface area contributed by atoms with Gasteiger partial charge in [-0.25, -0.2) is 0 Å². The fourth-order valence-corrected chi connectivity index (χ4v) is 2.89. The maximum absolute atomic E-state index is 12.4. The lowest BCUT2D eigenvalue weighted by atomic mass is 10.1. The molecule has 2 aromatic rings. The minimum Gasteiger partial charge on any atom is -0.326 e. The van der Waals surface area contributed by atoms with Gasteiger partial charge in [0.05, 0.1) is 17.6 Å². The van der Waals surface area contributed by atoms with Crippen LogP contribution in [0.15, 0.2) is 53.0 Å². The van der Waals surface area contributed by atoms with Gasteiger partial charge in [-0.05, 0) is 48.5 Å². The van der Waals surface area contributed by atoms with Gasteiger partial charge in [0, 0.05) is 28.8 Å². The zero-order chi connectivity index (χ0) is 17.1. The van der Waals surface area contributed by atoms with Crippen molar-refractivity contribution in [3.8, 4) is 6.07 Å². The topological polar surface area (TPSA) is 73.2 Å². The molecule has 1 atom stereocenters. The van der Waals surface area contributed by atoms with Crippen LogP contribution in [-0.2, 0) is 9.59 Å². The molecule has 24 heavy (non-hydrogen) atoms. The third-order valence-corrected chi connectivity index (χ3v) is 4.44. The van der Waals surface area contributed by atoms with E-state index in [1.807, 2.05) is 30.3 Å². The summed E-state index contributed by atoms with van der Waals surface area (Å²) >= 11 is 3.36. The molecular weight excluding hydrogens is 370 g/mol. The molecule has 0 saturated carbocycles. The lowest BCUT2D eigenvalue weighted by Crippen LogP contribution is -2.28. The quantitative estimate of drug-likeness (QED) is 0.883. The number of nitrogens with zero attached hydrogens (tertiary/aromatic N) is 2. The molecule has 1 heterocycles. The predicted molar refractivity (Wildman–Crippen MR) is 94.4 cm³/mol. The van der Waals surface area contributed by atoms with Crippen LogP contribution in [0.2, 0.25) is 0 Å². The minimum atomic E-state index is -0.392. The number of carbonyl (C=O) groups is 2. The first-order valence-corrected chi connectivity index (χ1v) is 8.23. The number of anilines is 2. The van der Waals surface area contributed by atoms with Crippen molar-refractivity contribution in [2.45, 2.75) is 6.42 Å². The summed E-state index contributed by atoms with van der Waals surface area (Å²) in [4.78, 5) is 26.2. The molecule has 1 aliphatic rings. The highest BCUT2D eigenvalue weighted by Crippen LogP contribution is 2.27. The number of amides is 2. The third kappa shape index (κ3) is 3.47. The Hall–Kier alpha value is -2.65. The Morgan fingerprint density at radius 3 is 2.46 bits per heavy atom. The molecule has 0 aromatic heterocycles. The summed E-state index contributed by atoms with van der Waals surface area (Å²) in [5.74, 6) is -0.637. The summed E-state index contributed by atoms with van der Waals surface area (Å²) in [5.41, 5.74) is 1.94. The highest BCUT2D eigenvalue weighted by molar-refractivity contribution is 9.10. The molecule has 0 radical (unpaired) electrons. The number of halogens is 1. The Labute approximate surface area is 148 Å². The van der Waals surface area contributed by atoms with Crippen LogP contribution in [0.3, 0.4) is 0 Å². The molecule has 1 N–H and O–H groups in total. The molecule has 6 heteroatoms. The second kappa shape index (κ2) is 6.85. The van der Waals surface area contributed by atoms with E-state index in [9.17, 15) is 9.59 Å². The molecule has 1 aliphatic heterocycles. The lowest BCUT2D eigenvalue weighted by molar-refractivity contribution is -0.122. The van der Waals surface area contributed by atoms with Crippen molar-refractivity contribution in [2.75, 3.05) is 16.8 Å². The minimum absolute atomic E-state index is 0.0581. The number of hydrogen-bond acceptors (Lipinski definition) is 3. The number of benzene rings is 2. The van der Waals surface area contributed by atoms with Crippen molar-refractivity contribution in [1.29, 1.82) is 5.26 Å². The highest BCUT2D eigenvalue weighted by atomic mass is 79.9. The second-order valence-electron chi connectivity index (χ2n) is 5.56. The molecule has 2 amide bonds. The van der Waals surface area contributed by atoms with E-state index < -0.39 is 5.92 Å². The predicted octanol–water partition coefficient (Wildman–Crippen LogP) is 3.31. The molecular formula is C18H14BrN3O2. The van der Waals surface area contributed by atoms with E-state index in [2.05, 4.69) is 21.2 Å². The van der Waals surface area contributed by atoms with Gasteiger partial charge in [-0.15, -0.1) is 0 Å². The van der Waals surface area contributed by atoms with E-state index in [0.29, 0.717) is 17.8 Å². The fraction of sp³-hybridized carbons (Fsp3) is 0.167. The largest absolute Gasteiger partial charge is 0.326 e. The number of hydrogen-bond donors (Lipinski definition) is 1. The first-order chi connectivity index (χ1) is 11.6. The van der Waals surface area contributed by atoms with E-state index in [0.717, 1.165) is 10.2 Å². The van der Waals surface area contributed by atoms with Crippen molar-refractivity contribution in [2.24, 2.45) is 5.92 Å². The molecule has 0 unspecified atom stereocenters. The molecule has 1 fully saturated rings. The van der Waals surface area contributed by atoms with Gasteiger partial charge in [0.15, 0.2) is 0 Å². The number of carbonyl (C=O) groups excluding carboxylic acids is 2. The van der Waals surface area contributed by atoms with E-state index >= 15 is 0 Å². The maximum atomic E-state index is 12.4. The van der Waals surface area contributed by atoms with Crippen LogP contribution in [0.1, 0.15) is 12.0 Å². The number of nitriles is 1. The third-order valence-electron chi connectivity index (χ3n) is 3.92. The number of nitrogens with one attached hydrogen (secondary N) is 1. The Balaban J connectivity index is 1.67. The summed E-state index contributed by atoms with van der Waals surface area (Å²) in [6.07, 6.45) is 0.193. The van der Waals surface area contributed by atoms with E-state index in [4.69, 9.17) is 5.26 Å². The molecule has 1 saturated heterocycles. The summed E-state index contributed by atoms with van der Waals surface area (Å²) < 4.78 is 0.938. The van der Waals surface area contributed by atoms with Crippen molar-refractivity contribution >= 4 is 39.1 Å². The van der Waals surface area contributed by atoms with Gasteiger partial charge < -0.3 is 10.2 Å². The first-order valence-electron chi connectivity index (χ1n) is 7.44. The molecule has 0 spiro atoms. The summed E-state index contributed by atoms with van der Waals surface area (Å²) in [5, 5.41) is 11.6. The van der Waals surface area contributed by atoms with Gasteiger partial charge in [-0.3, -0.25) is 9.59 Å². The Kier molecular flexibility index (Phi) is 4.63. The second-order valence-corrected chi connectivity index (χ2v) is 6.48. The van der Waals surface area contributed by atoms with Crippen LogP contribution >= 0.6 is 15.9 Å². The van der Waals surface area contributed by atoms with Gasteiger partial charge in [-0.2, -0.15) is 5.26 Å². The van der Waals surface area contributed by atoms with Crippen LogP contribution < -0.4 is 10.2 Å². The molecule has 0 bridgehead atoms. The molecule has 0 aliphatic carbocycles. The van der Waals surface area contributed by atoms with E-state index in [1.165, 1.54) is 0 Å². The summed E-state index contributed by atoms with van der Waals surface area (Å²) in [6, 6.07) is 16.1. The fourth-order valence-electron chi connectivity index (χ4n) is 2.63. The normalized spacial score (nSPS) is 16.8. The standard InChI is InChI=1S/C18H14BrN3O2/c19-14-3-7-16(8-4-14)22-11-13(9-17(22)23)18(24)21-15-5-1-12(10-20)2-6-15/h1-8,13H,9,11H2,(H,21,24)/t13-/m1/s1. The summed E-state index contributed by atoms with van der Waals surface area (Å²) in [7, 11) is 0. The Morgan fingerprint density at radius 1 is 1.17 bits per heavy atom. The lowest BCUT2D eigenvalue weighted by Gasteiger charge is -2.16. The monoisotopic (exact) mass is 383 g/mol. The van der Waals surface area contributed by atoms with Gasteiger partial charge in [0.25, 0.3) is 0 Å². The van der Waals surface area contributed by atoms with E-state index in [-0.39, 0.29) is 18.2 Å². The highest BCUT2D eigenvalue weighted by Gasteiger charge is 2.35. The van der Waals surface area contributed by atoms with Crippen LogP contribution in [0, 0.1) is 17.2 Å². The number of rotatable bonds is 3. The first kappa shape index (κ1) is 16.2. The molecule has 120 valence electrons. The van der Waals surface area contributed by atoms with Gasteiger partial charge in [0.1, 0.15) is 0 Å². The molecule has 2 aromatic carbocycles. The maximum Gasteiger partial charge on any atom is 0.229 e. The van der Waals surface area contributed by atoms with Crippen molar-refractivity contribution < 1.29 is 9.59 Å². The van der Waals surface area contributed by atoms with Gasteiger partial charge in [-0.1, -0.05) is 15.9 Å². The SMILES string of the molecule is N#Cc1ccc(NC(=O)[C@@H]2CC(=O)N(c3ccc(Br)cc3)C2)cc1. The molecule has 5 nitrogen and oxygen atoms in total. The smallest absolute Gasteiger partial charge is 0.229 e. The Morgan fingerprint density at radius 2 is 1.83 bits per heavy atom. The van der Waals surface area contributed by atoms with Crippen LogP contribution in [0.4, 0.5) is 11.4 Å². The average molecular weight is 384 g/mol. The van der Waals surface area contributed by atoms with Gasteiger partial charge in [0.2, 0.25) is 11.8 Å². The van der Waals surface area contributed by atoms with Crippen molar-refractivity contribution in [1.82, 2.24) is 0 Å². The average Bonchev–Trinajstić information content (AvgIpc) is 2.98. The van der Waals surface area contributed by atoms with Crippen molar-refractivity contribution in [3.05, 3.63) is 58.6 Å². The van der Waals surface area contributed by atoms with Crippen molar-refractivity contribution in [3.63, 3.8) is 0 Å². The summed E-state index contributed by atoms with van der Waals surface area (Å²) in [6.45, 7) is 0.364. The van der Waals surface area contributed by atoms with Crippen LogP contribution in [0.5, 0.6) is 0 Å². The zero-order valence-electron chi connectivity index (χ0n) is 12.7. The van der Waals surface area contributed by atoms with E-state index in [1.54, 1.807) is 29.2 Å². The van der Waals surface area contributed by atoms with Gasteiger partial charge >= 0.3 is 0 Å². The van der Waals surface area contributed by atoms with Crippen LogP contribution in [-0.4, -0.2) is 18.4 Å². The zero-order valence-corrected chi connectivity index (χ0v) is 14.3. The molecule has 3 rings (SSSR count). The Bertz CT molecular complexity index is 810.